The first-order valence-electron chi connectivity index (χ1n) is 8.43. The highest BCUT2D eigenvalue weighted by Gasteiger charge is 2.35. The van der Waals surface area contributed by atoms with E-state index < -0.39 is 36.1 Å². The lowest BCUT2D eigenvalue weighted by Crippen LogP contribution is -2.43. The number of hydrogen-bond acceptors (Lipinski definition) is 10. The van der Waals surface area contributed by atoms with Gasteiger partial charge in [0.1, 0.15) is 11.5 Å². The van der Waals surface area contributed by atoms with Gasteiger partial charge in [0.15, 0.2) is 12.2 Å². The van der Waals surface area contributed by atoms with Crippen LogP contribution >= 0.6 is 0 Å². The molecule has 0 unspecified atom stereocenters. The van der Waals surface area contributed by atoms with Crippen LogP contribution in [-0.2, 0) is 19.1 Å². The van der Waals surface area contributed by atoms with Crippen LogP contribution < -0.4 is 9.47 Å². The molecule has 10 nitrogen and oxygen atoms in total. The van der Waals surface area contributed by atoms with E-state index >= 15 is 0 Å². The van der Waals surface area contributed by atoms with Gasteiger partial charge in [0.05, 0.1) is 25.3 Å². The first kappa shape index (κ1) is 22.5. The van der Waals surface area contributed by atoms with E-state index in [-0.39, 0.29) is 11.1 Å². The lowest BCUT2D eigenvalue weighted by molar-refractivity contribution is -0.166. The maximum atomic E-state index is 11.9. The third kappa shape index (κ3) is 5.63. The molecular formula is C20H18O10. The second-order valence-electron chi connectivity index (χ2n) is 5.76. The van der Waals surface area contributed by atoms with Gasteiger partial charge < -0.3 is 29.2 Å². The van der Waals surface area contributed by atoms with Crippen LogP contribution in [0.5, 0.6) is 11.5 Å². The summed E-state index contributed by atoms with van der Waals surface area (Å²) in [6, 6.07) is 11.0. The highest BCUT2D eigenvalue weighted by molar-refractivity contribution is 6.01. The van der Waals surface area contributed by atoms with Crippen molar-refractivity contribution in [2.24, 2.45) is 0 Å². The van der Waals surface area contributed by atoms with Crippen LogP contribution in [0.1, 0.15) is 20.7 Å². The van der Waals surface area contributed by atoms with E-state index in [1.165, 1.54) is 62.8 Å². The number of aliphatic hydroxyl groups excluding tert-OH is 2. The number of hydrogen-bond donors (Lipinski definition) is 2. The summed E-state index contributed by atoms with van der Waals surface area (Å²) >= 11 is 0. The summed E-state index contributed by atoms with van der Waals surface area (Å²) in [7, 11) is 2.85. The summed E-state index contributed by atoms with van der Waals surface area (Å²) in [5.74, 6) is -4.54. The van der Waals surface area contributed by atoms with Crippen LogP contribution in [0.3, 0.4) is 0 Å². The molecule has 0 bridgehead atoms. The quantitative estimate of drug-likeness (QED) is 0.481. The number of ether oxygens (including phenoxy) is 4. The predicted octanol–water partition coefficient (Wildman–Crippen LogP) is 0.493. The summed E-state index contributed by atoms with van der Waals surface area (Å²) in [5, 5.41) is 19.5. The second-order valence-corrected chi connectivity index (χ2v) is 5.76. The van der Waals surface area contributed by atoms with Crippen molar-refractivity contribution in [1.82, 2.24) is 0 Å². The number of carbonyl (C=O) groups excluding carboxylic acids is 4. The molecule has 2 aromatic rings. The average molecular weight is 418 g/mol. The van der Waals surface area contributed by atoms with Gasteiger partial charge in [0.25, 0.3) is 0 Å². The molecular weight excluding hydrogens is 400 g/mol. The number of methoxy groups -OCH3 is 2. The van der Waals surface area contributed by atoms with Crippen molar-refractivity contribution in [1.29, 1.82) is 0 Å². The van der Waals surface area contributed by atoms with Crippen LogP contribution in [-0.4, -0.2) is 60.5 Å². The van der Waals surface area contributed by atoms with Gasteiger partial charge in [-0.15, -0.1) is 0 Å². The van der Waals surface area contributed by atoms with Crippen LogP contribution in [0.25, 0.3) is 0 Å². The Bertz CT molecular complexity index is 840. The van der Waals surface area contributed by atoms with Crippen molar-refractivity contribution in [3.8, 4) is 11.5 Å². The number of esters is 4. The van der Waals surface area contributed by atoms with E-state index in [0.29, 0.717) is 11.5 Å². The fourth-order valence-corrected chi connectivity index (χ4v) is 2.13. The van der Waals surface area contributed by atoms with Gasteiger partial charge in [0, 0.05) is 0 Å². The molecule has 0 radical (unpaired) electrons. The first-order chi connectivity index (χ1) is 14.3. The molecule has 0 aliphatic rings. The van der Waals surface area contributed by atoms with Crippen molar-refractivity contribution >= 4 is 23.9 Å². The van der Waals surface area contributed by atoms with Crippen LogP contribution in [0, 0.1) is 0 Å². The molecule has 0 aromatic heterocycles. The highest BCUT2D eigenvalue weighted by Crippen LogP contribution is 2.14. The molecule has 0 saturated heterocycles. The maximum absolute atomic E-state index is 11.9. The minimum absolute atomic E-state index is 0.0388. The lowest BCUT2D eigenvalue weighted by atomic mass is 10.2. The third-order valence-electron chi connectivity index (χ3n) is 3.82. The summed E-state index contributed by atoms with van der Waals surface area (Å²) in [5.41, 5.74) is -0.0776. The zero-order valence-electron chi connectivity index (χ0n) is 15.9. The summed E-state index contributed by atoms with van der Waals surface area (Å²) in [6.07, 6.45) is -4.91. The minimum Gasteiger partial charge on any atom is -0.497 e. The Labute approximate surface area is 170 Å². The number of rotatable bonds is 7. The molecule has 158 valence electrons. The first-order valence-corrected chi connectivity index (χ1v) is 8.43. The van der Waals surface area contributed by atoms with Crippen LogP contribution in [0.2, 0.25) is 0 Å². The fraction of sp³-hybridized carbons (Fsp3) is 0.200. The minimum atomic E-state index is -2.46. The SMILES string of the molecule is COc1ccc(C(=O)OC(=O)[C@H](O)[C@@H](O)C(=O)OC(=O)c2ccc(OC)cc2)cc1. The number of benzene rings is 2. The molecule has 10 heteroatoms. The second kappa shape index (κ2) is 10.1. The molecule has 0 fully saturated rings. The zero-order chi connectivity index (χ0) is 22.3. The highest BCUT2D eigenvalue weighted by atomic mass is 16.6. The molecule has 0 spiro atoms. The topological polar surface area (TPSA) is 146 Å². The molecule has 2 N–H and O–H groups in total. The van der Waals surface area contributed by atoms with Gasteiger partial charge in [0.2, 0.25) is 0 Å². The Morgan fingerprint density at radius 1 is 0.633 bits per heavy atom. The van der Waals surface area contributed by atoms with E-state index in [9.17, 15) is 29.4 Å². The molecule has 0 saturated carbocycles. The van der Waals surface area contributed by atoms with Gasteiger partial charge in [-0.1, -0.05) is 0 Å². The van der Waals surface area contributed by atoms with E-state index in [0.717, 1.165) is 0 Å². The summed E-state index contributed by atoms with van der Waals surface area (Å²) in [6.45, 7) is 0. The van der Waals surface area contributed by atoms with Gasteiger partial charge >= 0.3 is 23.9 Å². The van der Waals surface area contributed by atoms with Gasteiger partial charge in [-0.25, -0.2) is 19.2 Å². The lowest BCUT2D eigenvalue weighted by Gasteiger charge is -2.14. The molecule has 0 amide bonds. The van der Waals surface area contributed by atoms with Crippen molar-refractivity contribution in [3.63, 3.8) is 0 Å². The number of aliphatic hydroxyl groups is 2. The third-order valence-corrected chi connectivity index (χ3v) is 3.82. The van der Waals surface area contributed by atoms with E-state index in [2.05, 4.69) is 9.47 Å². The number of carbonyl (C=O) groups is 4. The summed E-state index contributed by atoms with van der Waals surface area (Å²) in [4.78, 5) is 47.5. The fourth-order valence-electron chi connectivity index (χ4n) is 2.13. The molecule has 2 aromatic carbocycles. The zero-order valence-corrected chi connectivity index (χ0v) is 15.9. The Morgan fingerprint density at radius 2 is 0.933 bits per heavy atom. The van der Waals surface area contributed by atoms with Crippen molar-refractivity contribution in [2.45, 2.75) is 12.2 Å². The Morgan fingerprint density at radius 3 is 1.20 bits per heavy atom. The smallest absolute Gasteiger partial charge is 0.346 e. The maximum Gasteiger partial charge on any atom is 0.346 e. The van der Waals surface area contributed by atoms with Crippen molar-refractivity contribution in [3.05, 3.63) is 59.7 Å². The molecule has 0 aliphatic heterocycles. The Balaban J connectivity index is 1.94. The molecule has 2 rings (SSSR count). The van der Waals surface area contributed by atoms with Crippen LogP contribution in [0.4, 0.5) is 0 Å². The predicted molar refractivity (Wildman–Crippen MR) is 98.8 cm³/mol. The standard InChI is InChI=1S/C20H18O10/c1-27-13-7-3-11(4-8-13)17(23)29-19(25)15(21)16(22)20(26)30-18(24)12-5-9-14(28-2)10-6-12/h3-10,15-16,21-22H,1-2H3/t15-,16-/m1/s1. The summed E-state index contributed by atoms with van der Waals surface area (Å²) < 4.78 is 18.7. The van der Waals surface area contributed by atoms with E-state index in [1.54, 1.807) is 0 Å². The molecule has 0 heterocycles. The van der Waals surface area contributed by atoms with Gasteiger partial charge in [-0.2, -0.15) is 0 Å². The molecule has 2 atom stereocenters. The Hall–Kier alpha value is -3.76. The van der Waals surface area contributed by atoms with Gasteiger partial charge in [-0.3, -0.25) is 0 Å². The van der Waals surface area contributed by atoms with Crippen molar-refractivity contribution < 1.29 is 48.3 Å². The monoisotopic (exact) mass is 418 g/mol. The Kier molecular flexibility index (Phi) is 7.62. The van der Waals surface area contributed by atoms with Crippen molar-refractivity contribution in [2.75, 3.05) is 14.2 Å². The normalized spacial score (nSPS) is 12.3. The largest absolute Gasteiger partial charge is 0.497 e. The van der Waals surface area contributed by atoms with Crippen LogP contribution in [0.15, 0.2) is 48.5 Å². The van der Waals surface area contributed by atoms with E-state index in [1.807, 2.05) is 0 Å². The van der Waals surface area contributed by atoms with Gasteiger partial charge in [-0.05, 0) is 48.5 Å². The van der Waals surface area contributed by atoms with E-state index in [4.69, 9.17) is 9.47 Å². The average Bonchev–Trinajstić information content (AvgIpc) is 2.77. The molecule has 0 aliphatic carbocycles. The molecule has 30 heavy (non-hydrogen) atoms.